The van der Waals surface area contributed by atoms with E-state index in [1.54, 1.807) is 30.1 Å². The van der Waals surface area contributed by atoms with Crippen LogP contribution >= 0.6 is 11.8 Å². The summed E-state index contributed by atoms with van der Waals surface area (Å²) in [5.41, 5.74) is 5.69. The Balaban J connectivity index is 2.78. The number of thioether (sulfide) groups is 1. The monoisotopic (exact) mass is 239 g/mol. The quantitative estimate of drug-likeness (QED) is 0.821. The van der Waals surface area contributed by atoms with Crippen LogP contribution < -0.4 is 11.1 Å². The minimum absolute atomic E-state index is 0.0897. The number of nitrogens with zero attached hydrogens (tertiary/aromatic N) is 1. The van der Waals surface area contributed by atoms with Crippen LogP contribution in [0.2, 0.25) is 0 Å². The van der Waals surface area contributed by atoms with E-state index in [4.69, 9.17) is 5.73 Å². The number of hydrogen-bond acceptors (Lipinski definition) is 4. The molecule has 3 N–H and O–H groups in total. The van der Waals surface area contributed by atoms with Crippen LogP contribution in [0, 0.1) is 0 Å². The molecule has 1 rings (SSSR count). The van der Waals surface area contributed by atoms with Crippen LogP contribution in [0.15, 0.2) is 18.3 Å². The molecule has 1 aromatic rings. The number of nitrogens with two attached hydrogens (primary N) is 1. The largest absolute Gasteiger partial charge is 0.368 e. The number of pyridine rings is 1. The maximum Gasteiger partial charge on any atom is 0.252 e. The Labute approximate surface area is 100 Å². The molecule has 0 aliphatic rings. The molecular formula is C11H17N3OS. The second-order valence-corrected chi connectivity index (χ2v) is 5.59. The van der Waals surface area contributed by atoms with Crippen LogP contribution in [-0.4, -0.2) is 28.4 Å². The second kappa shape index (κ2) is 5.21. The van der Waals surface area contributed by atoms with Crippen molar-refractivity contribution in [2.45, 2.75) is 18.6 Å². The van der Waals surface area contributed by atoms with Crippen molar-refractivity contribution in [1.82, 2.24) is 4.98 Å². The molecule has 16 heavy (non-hydrogen) atoms. The van der Waals surface area contributed by atoms with Crippen LogP contribution in [0.3, 0.4) is 0 Å². The Kier molecular flexibility index (Phi) is 4.18. The number of anilines is 1. The third-order valence-corrected chi connectivity index (χ3v) is 3.56. The van der Waals surface area contributed by atoms with E-state index in [0.717, 1.165) is 6.54 Å². The van der Waals surface area contributed by atoms with Crippen molar-refractivity contribution in [3.8, 4) is 0 Å². The first-order valence-electron chi connectivity index (χ1n) is 5.00. The molecule has 1 heterocycles. The van der Waals surface area contributed by atoms with Gasteiger partial charge in [0, 0.05) is 17.5 Å². The number of rotatable bonds is 5. The van der Waals surface area contributed by atoms with E-state index >= 15 is 0 Å². The van der Waals surface area contributed by atoms with Gasteiger partial charge in [-0.2, -0.15) is 11.8 Å². The molecule has 0 fully saturated rings. The normalized spacial score (nSPS) is 11.2. The zero-order chi connectivity index (χ0) is 12.2. The van der Waals surface area contributed by atoms with Gasteiger partial charge in [0.2, 0.25) is 0 Å². The van der Waals surface area contributed by atoms with Gasteiger partial charge in [-0.15, -0.1) is 0 Å². The summed E-state index contributed by atoms with van der Waals surface area (Å²) < 4.78 is 0.0897. The van der Waals surface area contributed by atoms with Crippen LogP contribution in [-0.2, 0) is 0 Å². The number of aromatic nitrogens is 1. The maximum absolute atomic E-state index is 11.2. The van der Waals surface area contributed by atoms with E-state index in [9.17, 15) is 4.79 Å². The van der Waals surface area contributed by atoms with Gasteiger partial charge in [0.15, 0.2) is 0 Å². The van der Waals surface area contributed by atoms with Crippen molar-refractivity contribution >= 4 is 23.5 Å². The molecule has 4 nitrogen and oxygen atoms in total. The molecule has 0 radical (unpaired) electrons. The van der Waals surface area contributed by atoms with Gasteiger partial charge in [0.05, 0.1) is 5.56 Å². The zero-order valence-electron chi connectivity index (χ0n) is 9.78. The molecule has 0 aliphatic heterocycles. The van der Waals surface area contributed by atoms with Crippen LogP contribution in [0.1, 0.15) is 24.2 Å². The van der Waals surface area contributed by atoms with Crippen molar-refractivity contribution in [1.29, 1.82) is 0 Å². The Hall–Kier alpha value is -1.23. The Bertz CT molecular complexity index is 379. The van der Waals surface area contributed by atoms with Gasteiger partial charge in [-0.25, -0.2) is 4.98 Å². The number of primary amides is 1. The molecule has 1 amide bonds. The lowest BCUT2D eigenvalue weighted by molar-refractivity contribution is 0.100. The molecule has 0 saturated carbocycles. The Morgan fingerprint density at radius 3 is 2.88 bits per heavy atom. The average molecular weight is 239 g/mol. The fraction of sp³-hybridized carbons (Fsp3) is 0.455. The summed E-state index contributed by atoms with van der Waals surface area (Å²) in [6.45, 7) is 4.97. The van der Waals surface area contributed by atoms with Gasteiger partial charge in [0.25, 0.3) is 5.91 Å². The van der Waals surface area contributed by atoms with Crippen LogP contribution in [0.4, 0.5) is 5.82 Å². The molecule has 0 bridgehead atoms. The highest BCUT2D eigenvalue weighted by molar-refractivity contribution is 7.99. The fourth-order valence-corrected chi connectivity index (χ4v) is 1.33. The lowest BCUT2D eigenvalue weighted by Crippen LogP contribution is -2.27. The van der Waals surface area contributed by atoms with Gasteiger partial charge < -0.3 is 11.1 Å². The topological polar surface area (TPSA) is 68.0 Å². The van der Waals surface area contributed by atoms with Crippen LogP contribution in [0.25, 0.3) is 0 Å². The summed E-state index contributed by atoms with van der Waals surface area (Å²) in [7, 11) is 0. The summed E-state index contributed by atoms with van der Waals surface area (Å²) >= 11 is 1.75. The van der Waals surface area contributed by atoms with Gasteiger partial charge in [-0.3, -0.25) is 4.79 Å². The summed E-state index contributed by atoms with van der Waals surface area (Å²) in [4.78, 5) is 15.3. The molecule has 5 heteroatoms. The van der Waals surface area contributed by atoms with Crippen molar-refractivity contribution in [2.75, 3.05) is 18.1 Å². The first kappa shape index (κ1) is 12.8. The maximum atomic E-state index is 11.2. The predicted octanol–water partition coefficient (Wildman–Crippen LogP) is 1.73. The lowest BCUT2D eigenvalue weighted by atomic mass is 10.2. The zero-order valence-corrected chi connectivity index (χ0v) is 10.6. The van der Waals surface area contributed by atoms with E-state index in [1.807, 2.05) is 0 Å². The number of carbonyl (C=O) groups is 1. The molecular weight excluding hydrogens is 222 g/mol. The van der Waals surface area contributed by atoms with E-state index in [-0.39, 0.29) is 4.75 Å². The van der Waals surface area contributed by atoms with Gasteiger partial charge in [-0.1, -0.05) is 0 Å². The third kappa shape index (κ3) is 3.41. The standard InChI is InChI=1S/C11H17N3OS/c1-11(2,16-3)7-14-10-8(9(12)15)5-4-6-13-10/h4-6H,7H2,1-3H3,(H2,12,15)(H,13,14). The average Bonchev–Trinajstić information content (AvgIpc) is 2.27. The van der Waals surface area contributed by atoms with Crippen molar-refractivity contribution in [3.05, 3.63) is 23.9 Å². The van der Waals surface area contributed by atoms with Crippen molar-refractivity contribution < 1.29 is 4.79 Å². The highest BCUT2D eigenvalue weighted by Crippen LogP contribution is 2.22. The molecule has 0 aliphatic carbocycles. The number of amides is 1. The summed E-state index contributed by atoms with van der Waals surface area (Å²) in [6, 6.07) is 3.37. The van der Waals surface area contributed by atoms with Gasteiger partial charge >= 0.3 is 0 Å². The number of hydrogen-bond donors (Lipinski definition) is 2. The lowest BCUT2D eigenvalue weighted by Gasteiger charge is -2.23. The molecule has 0 unspecified atom stereocenters. The Morgan fingerprint density at radius 2 is 2.31 bits per heavy atom. The highest BCUT2D eigenvalue weighted by Gasteiger charge is 2.17. The summed E-state index contributed by atoms with van der Waals surface area (Å²) in [5.74, 6) is 0.0923. The first-order valence-corrected chi connectivity index (χ1v) is 6.22. The van der Waals surface area contributed by atoms with E-state index in [1.165, 1.54) is 0 Å². The van der Waals surface area contributed by atoms with Gasteiger partial charge in [-0.05, 0) is 32.2 Å². The van der Waals surface area contributed by atoms with E-state index in [0.29, 0.717) is 11.4 Å². The summed E-state index contributed by atoms with van der Waals surface area (Å²) in [6.07, 6.45) is 3.69. The number of nitrogens with one attached hydrogen (secondary N) is 1. The SMILES string of the molecule is CSC(C)(C)CNc1ncccc1C(N)=O. The molecule has 1 aromatic heterocycles. The van der Waals surface area contributed by atoms with Crippen molar-refractivity contribution in [3.63, 3.8) is 0 Å². The summed E-state index contributed by atoms with van der Waals surface area (Å²) in [5, 5.41) is 3.15. The van der Waals surface area contributed by atoms with Gasteiger partial charge in [0.1, 0.15) is 5.82 Å². The molecule has 0 saturated heterocycles. The fourth-order valence-electron chi connectivity index (χ4n) is 1.11. The number of carbonyl (C=O) groups excluding carboxylic acids is 1. The molecule has 0 spiro atoms. The van der Waals surface area contributed by atoms with Crippen LogP contribution in [0.5, 0.6) is 0 Å². The molecule has 88 valence electrons. The minimum atomic E-state index is -0.461. The minimum Gasteiger partial charge on any atom is -0.368 e. The highest BCUT2D eigenvalue weighted by atomic mass is 32.2. The second-order valence-electron chi connectivity index (χ2n) is 4.08. The predicted molar refractivity (Wildman–Crippen MR) is 68.8 cm³/mol. The smallest absolute Gasteiger partial charge is 0.252 e. The first-order chi connectivity index (χ1) is 7.46. The van der Waals surface area contributed by atoms with E-state index in [2.05, 4.69) is 30.4 Å². The van der Waals surface area contributed by atoms with Crippen molar-refractivity contribution in [2.24, 2.45) is 5.73 Å². The Morgan fingerprint density at radius 1 is 1.62 bits per heavy atom. The third-order valence-electron chi connectivity index (χ3n) is 2.31. The van der Waals surface area contributed by atoms with E-state index < -0.39 is 5.91 Å². The molecule has 0 aromatic carbocycles. The molecule has 0 atom stereocenters.